The van der Waals surface area contributed by atoms with Crippen LogP contribution in [0, 0.1) is 13.8 Å². The van der Waals surface area contributed by atoms with Crippen molar-refractivity contribution in [3.63, 3.8) is 0 Å². The molecule has 0 aliphatic carbocycles. The van der Waals surface area contributed by atoms with Crippen LogP contribution in [-0.2, 0) is 4.57 Å². The van der Waals surface area contributed by atoms with Crippen molar-refractivity contribution in [2.24, 2.45) is 0 Å². The zero-order valence-corrected chi connectivity index (χ0v) is 26.6. The minimum absolute atomic E-state index is 0.478. The molecule has 0 saturated carbocycles. The fourth-order valence-electron chi connectivity index (χ4n) is 3.60. The molecule has 0 saturated heterocycles. The first-order chi connectivity index (χ1) is 17.1. The minimum Gasteiger partial charge on any atom is -0.244 e. The van der Waals surface area contributed by atoms with Crippen molar-refractivity contribution >= 4 is 96.9 Å². The Labute approximate surface area is 251 Å². The summed E-state index contributed by atoms with van der Waals surface area (Å²) < 4.78 is 20.9. The molecule has 1 atom stereocenters. The molecule has 4 aromatic rings. The first-order valence-corrected chi connectivity index (χ1v) is 16.1. The van der Waals surface area contributed by atoms with Gasteiger partial charge in [-0.15, -0.1) is 0 Å². The molecule has 0 radical (unpaired) electrons. The Balaban J connectivity index is 1.72. The van der Waals surface area contributed by atoms with Crippen LogP contribution in [-0.4, -0.2) is 0 Å². The molecule has 0 amide bonds. The summed E-state index contributed by atoms with van der Waals surface area (Å²) in [6.07, 6.45) is 0. The third kappa shape index (κ3) is 6.11. The van der Waals surface area contributed by atoms with Gasteiger partial charge in [-0.3, -0.25) is 0 Å². The van der Waals surface area contributed by atoms with Gasteiger partial charge in [0.2, 0.25) is 11.4 Å². The van der Waals surface area contributed by atoms with Crippen LogP contribution in [0.4, 0.5) is 0 Å². The van der Waals surface area contributed by atoms with Crippen LogP contribution in [0.5, 0.6) is 5.75 Å². The van der Waals surface area contributed by atoms with E-state index in [-0.39, 0.29) is 0 Å². The Morgan fingerprint density at radius 2 is 1.19 bits per heavy atom. The highest BCUT2D eigenvalue weighted by Crippen LogP contribution is 2.53. The Kier molecular flexibility index (Phi) is 9.40. The standard InChI is InChI=1S/C26H16Br2Cl4O2PS/c1-13-5-3-7-15(17-9-23(31)19(27)11-21(17)29)25(13)34-35(33)36-26-14(2)6-4-8-16(26)18-10-24(32)20(28)12-22(18)30/h3-12H,1-2H3/q+1. The summed E-state index contributed by atoms with van der Waals surface area (Å²) in [7, 11) is -2.23. The van der Waals surface area contributed by atoms with Crippen LogP contribution in [0.2, 0.25) is 20.1 Å². The third-order valence-electron chi connectivity index (χ3n) is 5.36. The van der Waals surface area contributed by atoms with Crippen molar-refractivity contribution in [1.29, 1.82) is 0 Å². The number of rotatable bonds is 6. The van der Waals surface area contributed by atoms with E-state index < -0.39 is 7.23 Å². The Morgan fingerprint density at radius 3 is 1.78 bits per heavy atom. The van der Waals surface area contributed by atoms with E-state index in [1.165, 1.54) is 0 Å². The monoisotopic (exact) mass is 721 g/mol. The largest absolute Gasteiger partial charge is 0.640 e. The number of aryl methyl sites for hydroxylation is 2. The van der Waals surface area contributed by atoms with E-state index in [4.69, 9.17) is 50.9 Å². The highest BCUT2D eigenvalue weighted by atomic mass is 79.9. The van der Waals surface area contributed by atoms with Crippen molar-refractivity contribution in [2.45, 2.75) is 18.7 Å². The van der Waals surface area contributed by atoms with E-state index in [0.29, 0.717) is 45.9 Å². The zero-order valence-electron chi connectivity index (χ0n) is 18.7. The Hall–Kier alpha value is -0.750. The lowest BCUT2D eigenvalue weighted by molar-refractivity contribution is 0.519. The first kappa shape index (κ1) is 28.3. The molecule has 4 rings (SSSR count). The molecule has 36 heavy (non-hydrogen) atoms. The van der Waals surface area contributed by atoms with Crippen LogP contribution in [0.15, 0.2) is 74.5 Å². The second-order valence-corrected chi connectivity index (χ2v) is 13.8. The molecule has 0 aliphatic heterocycles. The van der Waals surface area contributed by atoms with Crippen LogP contribution < -0.4 is 4.52 Å². The summed E-state index contributed by atoms with van der Waals surface area (Å²) in [5, 5.41) is 2.06. The van der Waals surface area contributed by atoms with Gasteiger partial charge in [-0.2, -0.15) is 0 Å². The van der Waals surface area contributed by atoms with E-state index in [0.717, 1.165) is 38.5 Å². The molecule has 0 N–H and O–H groups in total. The van der Waals surface area contributed by atoms with Gasteiger partial charge in [-0.25, -0.2) is 4.52 Å². The SMILES string of the molecule is Cc1cccc(-c2cc(Cl)c(Br)cc2Cl)c1O[P+](=O)Sc1c(C)cccc1-c1cc(Cl)c(Br)cc1Cl. The maximum absolute atomic E-state index is 13.4. The maximum atomic E-state index is 13.4. The molecule has 0 spiro atoms. The molecule has 2 nitrogen and oxygen atoms in total. The molecule has 10 heteroatoms. The molecule has 0 aliphatic rings. The van der Waals surface area contributed by atoms with E-state index in [2.05, 4.69) is 31.9 Å². The average molecular weight is 725 g/mol. The predicted molar refractivity (Wildman–Crippen MR) is 163 cm³/mol. The van der Waals surface area contributed by atoms with Crippen molar-refractivity contribution in [1.82, 2.24) is 0 Å². The van der Waals surface area contributed by atoms with Crippen molar-refractivity contribution < 1.29 is 9.09 Å². The van der Waals surface area contributed by atoms with Crippen LogP contribution >= 0.6 is 96.9 Å². The van der Waals surface area contributed by atoms with Crippen molar-refractivity contribution in [3.05, 3.63) is 101 Å². The molecule has 0 bridgehead atoms. The summed E-state index contributed by atoms with van der Waals surface area (Å²) in [6, 6.07) is 18.5. The van der Waals surface area contributed by atoms with Gasteiger partial charge in [0.25, 0.3) is 0 Å². The molecule has 0 aromatic heterocycles. The van der Waals surface area contributed by atoms with Gasteiger partial charge in [0.05, 0.1) is 14.9 Å². The molecular formula is C26H16Br2Cl4O2PS+. The van der Waals surface area contributed by atoms with E-state index >= 15 is 0 Å². The van der Waals surface area contributed by atoms with Gasteiger partial charge >= 0.3 is 7.23 Å². The normalized spacial score (nSPS) is 11.5. The summed E-state index contributed by atoms with van der Waals surface area (Å²) >= 11 is 33.7. The number of para-hydroxylation sites is 1. The fourth-order valence-corrected chi connectivity index (χ4v) is 7.98. The van der Waals surface area contributed by atoms with Gasteiger partial charge in [-0.05, 0) is 85.7 Å². The third-order valence-corrected chi connectivity index (χ3v) is 10.8. The Bertz CT molecular complexity index is 1400. The van der Waals surface area contributed by atoms with Gasteiger partial charge in [0.1, 0.15) is 0 Å². The predicted octanol–water partition coefficient (Wildman–Crippen LogP) is 12.6. The van der Waals surface area contributed by atoms with E-state index in [1.807, 2.05) is 50.2 Å². The van der Waals surface area contributed by atoms with Gasteiger partial charge < -0.3 is 0 Å². The summed E-state index contributed by atoms with van der Waals surface area (Å²) in [5.41, 5.74) is 4.70. The van der Waals surface area contributed by atoms with Gasteiger partial charge in [-0.1, -0.05) is 82.8 Å². The summed E-state index contributed by atoms with van der Waals surface area (Å²) in [4.78, 5) is 0.791. The molecule has 0 fully saturated rings. The van der Waals surface area contributed by atoms with E-state index in [1.54, 1.807) is 24.3 Å². The highest BCUT2D eigenvalue weighted by molar-refractivity contribution is 9.10. The first-order valence-electron chi connectivity index (χ1n) is 10.4. The summed E-state index contributed by atoms with van der Waals surface area (Å²) in [6.45, 7) is 3.84. The van der Waals surface area contributed by atoms with Crippen molar-refractivity contribution in [3.8, 4) is 28.0 Å². The zero-order chi connectivity index (χ0) is 26.1. The quantitative estimate of drug-likeness (QED) is 0.146. The second kappa shape index (κ2) is 12.0. The lowest BCUT2D eigenvalue weighted by Crippen LogP contribution is -1.92. The van der Waals surface area contributed by atoms with Gasteiger partial charge in [0.15, 0.2) is 5.75 Å². The molecule has 184 valence electrons. The van der Waals surface area contributed by atoms with Gasteiger partial charge in [0, 0.05) is 41.2 Å². The van der Waals surface area contributed by atoms with Crippen LogP contribution in [0.3, 0.4) is 0 Å². The Morgan fingerprint density at radius 1 is 0.694 bits per heavy atom. The fraction of sp³-hybridized carbons (Fsp3) is 0.0769. The molecule has 4 aromatic carbocycles. The lowest BCUT2D eigenvalue weighted by atomic mass is 10.0. The molecular weight excluding hydrogens is 709 g/mol. The van der Waals surface area contributed by atoms with E-state index in [9.17, 15) is 4.57 Å². The topological polar surface area (TPSA) is 26.3 Å². The number of hydrogen-bond donors (Lipinski definition) is 0. The average Bonchev–Trinajstić information content (AvgIpc) is 2.81. The summed E-state index contributed by atoms with van der Waals surface area (Å²) in [5.74, 6) is 0.478. The highest BCUT2D eigenvalue weighted by Gasteiger charge is 2.30. The molecule has 0 heterocycles. The maximum Gasteiger partial charge on any atom is 0.640 e. The molecule has 1 unspecified atom stereocenters. The van der Waals surface area contributed by atoms with Crippen LogP contribution in [0.1, 0.15) is 11.1 Å². The number of hydrogen-bond acceptors (Lipinski definition) is 3. The number of benzene rings is 4. The second-order valence-electron chi connectivity index (χ2n) is 7.80. The smallest absolute Gasteiger partial charge is 0.244 e. The minimum atomic E-state index is -2.23. The number of halogens is 6. The van der Waals surface area contributed by atoms with Crippen LogP contribution in [0.25, 0.3) is 22.3 Å². The van der Waals surface area contributed by atoms with Crippen molar-refractivity contribution in [2.75, 3.05) is 0 Å². The lowest BCUT2D eigenvalue weighted by Gasteiger charge is -2.12.